The van der Waals surface area contributed by atoms with Crippen molar-refractivity contribution in [3.63, 3.8) is 0 Å². The lowest BCUT2D eigenvalue weighted by atomic mass is 9.87. The van der Waals surface area contributed by atoms with E-state index >= 15 is 0 Å². The minimum Gasteiger partial charge on any atom is -0.497 e. The van der Waals surface area contributed by atoms with Crippen molar-refractivity contribution in [2.24, 2.45) is 0 Å². The second-order valence-corrected chi connectivity index (χ2v) is 7.68. The van der Waals surface area contributed by atoms with Crippen LogP contribution in [0.3, 0.4) is 0 Å². The van der Waals surface area contributed by atoms with Crippen LogP contribution >= 0.6 is 0 Å². The molecule has 30 heavy (non-hydrogen) atoms. The summed E-state index contributed by atoms with van der Waals surface area (Å²) in [6, 6.07) is 23.7. The largest absolute Gasteiger partial charge is 0.497 e. The highest BCUT2D eigenvalue weighted by molar-refractivity contribution is 5.50. The second-order valence-electron chi connectivity index (χ2n) is 7.68. The maximum atomic E-state index is 5.62. The SMILES string of the molecule is COc1ccc(CC2c3cc(OC)c(OC)cc3CCN2Cc2ccccc2)cc1. The highest BCUT2D eigenvalue weighted by Crippen LogP contribution is 2.40. The number of rotatable bonds is 7. The molecule has 0 aliphatic carbocycles. The smallest absolute Gasteiger partial charge is 0.161 e. The van der Waals surface area contributed by atoms with Gasteiger partial charge in [-0.15, -0.1) is 0 Å². The molecule has 156 valence electrons. The molecule has 4 heteroatoms. The molecule has 4 rings (SSSR count). The standard InChI is InChI=1S/C26H29NO3/c1-28-22-11-9-19(10-12-22)15-24-23-17-26(30-3)25(29-2)16-21(23)13-14-27(24)18-20-7-5-4-6-8-20/h4-12,16-17,24H,13-15,18H2,1-3H3. The predicted molar refractivity (Wildman–Crippen MR) is 120 cm³/mol. The molecule has 0 saturated heterocycles. The number of hydrogen-bond acceptors (Lipinski definition) is 4. The third-order valence-corrected chi connectivity index (χ3v) is 5.93. The summed E-state index contributed by atoms with van der Waals surface area (Å²) in [5.74, 6) is 2.48. The molecule has 0 radical (unpaired) electrons. The molecular formula is C26H29NO3. The number of nitrogens with zero attached hydrogens (tertiary/aromatic N) is 1. The van der Waals surface area contributed by atoms with Crippen molar-refractivity contribution in [3.05, 3.63) is 89.0 Å². The van der Waals surface area contributed by atoms with Crippen molar-refractivity contribution in [1.82, 2.24) is 4.90 Å². The second kappa shape index (κ2) is 9.23. The van der Waals surface area contributed by atoms with Crippen LogP contribution < -0.4 is 14.2 Å². The Kier molecular flexibility index (Phi) is 6.24. The van der Waals surface area contributed by atoms with Gasteiger partial charge in [0.2, 0.25) is 0 Å². The van der Waals surface area contributed by atoms with Gasteiger partial charge in [-0.2, -0.15) is 0 Å². The van der Waals surface area contributed by atoms with Crippen LogP contribution in [0.2, 0.25) is 0 Å². The van der Waals surface area contributed by atoms with Crippen molar-refractivity contribution in [2.45, 2.75) is 25.4 Å². The number of ether oxygens (including phenoxy) is 3. The number of methoxy groups -OCH3 is 3. The van der Waals surface area contributed by atoms with Gasteiger partial charge >= 0.3 is 0 Å². The number of benzene rings is 3. The average Bonchev–Trinajstić information content (AvgIpc) is 2.80. The maximum Gasteiger partial charge on any atom is 0.161 e. The molecule has 0 bridgehead atoms. The molecule has 1 aliphatic heterocycles. The summed E-state index contributed by atoms with van der Waals surface area (Å²) in [5, 5.41) is 0. The van der Waals surface area contributed by atoms with E-state index in [9.17, 15) is 0 Å². The van der Waals surface area contributed by atoms with Gasteiger partial charge in [0, 0.05) is 19.1 Å². The van der Waals surface area contributed by atoms with Crippen molar-refractivity contribution in [2.75, 3.05) is 27.9 Å². The van der Waals surface area contributed by atoms with Crippen LogP contribution in [0.4, 0.5) is 0 Å². The monoisotopic (exact) mass is 403 g/mol. The summed E-state index contributed by atoms with van der Waals surface area (Å²) in [5.41, 5.74) is 5.30. The third kappa shape index (κ3) is 4.29. The van der Waals surface area contributed by atoms with Gasteiger partial charge in [0.15, 0.2) is 11.5 Å². The highest BCUT2D eigenvalue weighted by Gasteiger charge is 2.29. The minimum absolute atomic E-state index is 0.266. The molecule has 1 aliphatic rings. The van der Waals surface area contributed by atoms with Gasteiger partial charge in [0.05, 0.1) is 21.3 Å². The zero-order valence-corrected chi connectivity index (χ0v) is 17.9. The van der Waals surface area contributed by atoms with Gasteiger partial charge < -0.3 is 14.2 Å². The Morgan fingerprint density at radius 2 is 1.50 bits per heavy atom. The molecule has 0 fully saturated rings. The highest BCUT2D eigenvalue weighted by atomic mass is 16.5. The van der Waals surface area contributed by atoms with Crippen molar-refractivity contribution in [1.29, 1.82) is 0 Å². The summed E-state index contributed by atoms with van der Waals surface area (Å²) >= 11 is 0. The fraction of sp³-hybridized carbons (Fsp3) is 0.308. The van der Waals surface area contributed by atoms with E-state index in [0.717, 1.165) is 43.2 Å². The molecule has 1 heterocycles. The maximum absolute atomic E-state index is 5.62. The fourth-order valence-electron chi connectivity index (χ4n) is 4.31. The van der Waals surface area contributed by atoms with E-state index in [-0.39, 0.29) is 6.04 Å². The molecule has 0 saturated carbocycles. The number of fused-ring (bicyclic) bond motifs is 1. The Hall–Kier alpha value is -2.98. The van der Waals surface area contributed by atoms with E-state index in [1.54, 1.807) is 21.3 Å². The van der Waals surface area contributed by atoms with Crippen LogP contribution in [0.5, 0.6) is 17.2 Å². The Balaban J connectivity index is 1.70. The third-order valence-electron chi connectivity index (χ3n) is 5.93. The molecule has 0 aromatic heterocycles. The van der Waals surface area contributed by atoms with Gasteiger partial charge in [0.1, 0.15) is 5.75 Å². The van der Waals surface area contributed by atoms with Crippen LogP contribution in [-0.4, -0.2) is 32.8 Å². The van der Waals surface area contributed by atoms with E-state index in [1.807, 2.05) is 12.1 Å². The van der Waals surface area contributed by atoms with Crippen LogP contribution in [-0.2, 0) is 19.4 Å². The molecule has 1 atom stereocenters. The first-order valence-corrected chi connectivity index (χ1v) is 10.4. The summed E-state index contributed by atoms with van der Waals surface area (Å²) in [6.07, 6.45) is 1.93. The molecule has 0 spiro atoms. The van der Waals surface area contributed by atoms with Crippen LogP contribution in [0.15, 0.2) is 66.7 Å². The lowest BCUT2D eigenvalue weighted by Crippen LogP contribution is -2.36. The quantitative estimate of drug-likeness (QED) is 0.552. The zero-order chi connectivity index (χ0) is 20.9. The topological polar surface area (TPSA) is 30.9 Å². The minimum atomic E-state index is 0.266. The zero-order valence-electron chi connectivity index (χ0n) is 17.9. The number of hydrogen-bond donors (Lipinski definition) is 0. The van der Waals surface area contributed by atoms with Gasteiger partial charge in [-0.25, -0.2) is 0 Å². The first kappa shape index (κ1) is 20.3. The molecular weight excluding hydrogens is 374 g/mol. The van der Waals surface area contributed by atoms with Gasteiger partial charge in [0.25, 0.3) is 0 Å². The Morgan fingerprint density at radius 3 is 2.17 bits per heavy atom. The lowest BCUT2D eigenvalue weighted by molar-refractivity contribution is 0.174. The Bertz CT molecular complexity index is 970. The first-order chi connectivity index (χ1) is 14.7. The molecule has 3 aromatic rings. The van der Waals surface area contributed by atoms with Crippen molar-refractivity contribution >= 4 is 0 Å². The average molecular weight is 404 g/mol. The molecule has 3 aromatic carbocycles. The lowest BCUT2D eigenvalue weighted by Gasteiger charge is -2.38. The van der Waals surface area contributed by atoms with Gasteiger partial charge in [-0.05, 0) is 59.4 Å². The first-order valence-electron chi connectivity index (χ1n) is 10.4. The summed E-state index contributed by atoms with van der Waals surface area (Å²) in [6.45, 7) is 1.94. The summed E-state index contributed by atoms with van der Waals surface area (Å²) in [4.78, 5) is 2.58. The van der Waals surface area contributed by atoms with Crippen molar-refractivity contribution in [3.8, 4) is 17.2 Å². The van der Waals surface area contributed by atoms with E-state index in [4.69, 9.17) is 14.2 Å². The van der Waals surface area contributed by atoms with Gasteiger partial charge in [-0.1, -0.05) is 42.5 Å². The van der Waals surface area contributed by atoms with Crippen LogP contribution in [0.1, 0.15) is 28.3 Å². The predicted octanol–water partition coefficient (Wildman–Crippen LogP) is 5.05. The molecule has 0 N–H and O–H groups in total. The van der Waals surface area contributed by atoms with Crippen molar-refractivity contribution < 1.29 is 14.2 Å². The fourth-order valence-corrected chi connectivity index (χ4v) is 4.31. The van der Waals surface area contributed by atoms with E-state index in [0.29, 0.717) is 0 Å². The van der Waals surface area contributed by atoms with Crippen LogP contribution in [0.25, 0.3) is 0 Å². The Morgan fingerprint density at radius 1 is 0.800 bits per heavy atom. The summed E-state index contributed by atoms with van der Waals surface area (Å²) < 4.78 is 16.5. The summed E-state index contributed by atoms with van der Waals surface area (Å²) in [7, 11) is 5.10. The molecule has 4 nitrogen and oxygen atoms in total. The van der Waals surface area contributed by atoms with E-state index < -0.39 is 0 Å². The van der Waals surface area contributed by atoms with Gasteiger partial charge in [-0.3, -0.25) is 4.90 Å². The molecule has 0 amide bonds. The Labute approximate surface area is 179 Å². The molecule has 1 unspecified atom stereocenters. The van der Waals surface area contributed by atoms with E-state index in [2.05, 4.69) is 59.5 Å². The normalized spacial score (nSPS) is 16.0. The van der Waals surface area contributed by atoms with Crippen LogP contribution in [0, 0.1) is 0 Å². The van der Waals surface area contributed by atoms with E-state index in [1.165, 1.54) is 22.3 Å².